The van der Waals surface area contributed by atoms with Gasteiger partial charge in [0, 0.05) is 11.6 Å². The molecule has 0 aromatic heterocycles. The van der Waals surface area contributed by atoms with Gasteiger partial charge in [0.25, 0.3) is 0 Å². The van der Waals surface area contributed by atoms with Gasteiger partial charge in [-0.05, 0) is 6.07 Å². The molecule has 0 radical (unpaired) electrons. The van der Waals surface area contributed by atoms with Crippen LogP contribution in [0.25, 0.3) is 0 Å². The lowest BCUT2D eigenvalue weighted by atomic mass is 10.1. The molecule has 0 spiro atoms. The van der Waals surface area contributed by atoms with E-state index < -0.39 is 0 Å². The minimum atomic E-state index is -0.231. The summed E-state index contributed by atoms with van der Waals surface area (Å²) in [5, 5.41) is 0. The number of hydrogen-bond acceptors (Lipinski definition) is 4. The first-order valence-corrected chi connectivity index (χ1v) is 4.74. The molecule has 0 aliphatic carbocycles. The van der Waals surface area contributed by atoms with Gasteiger partial charge in [-0.1, -0.05) is 6.07 Å². The molecule has 0 aliphatic rings. The number of hydroxylamine groups is 1. The number of ether oxygens (including phenoxy) is 2. The molecule has 16 heavy (non-hydrogen) atoms. The van der Waals surface area contributed by atoms with Crippen LogP contribution in [-0.4, -0.2) is 27.2 Å². The Labute approximate surface area is 94.3 Å². The highest BCUT2D eigenvalue weighted by molar-refractivity contribution is 5.78. The van der Waals surface area contributed by atoms with Gasteiger partial charge in [-0.15, -0.1) is 0 Å². The second kappa shape index (κ2) is 5.97. The standard InChI is InChI=1S/C11H15NO4/c1-14-9-5-4-8(10(7-9)15-2)6-11(13)12-16-3/h4-5,7H,6H2,1-3H3,(H,12,13). The third kappa shape index (κ3) is 3.13. The van der Waals surface area contributed by atoms with E-state index in [1.165, 1.54) is 7.11 Å². The van der Waals surface area contributed by atoms with Gasteiger partial charge >= 0.3 is 0 Å². The average molecular weight is 225 g/mol. The largest absolute Gasteiger partial charge is 0.497 e. The maximum absolute atomic E-state index is 11.3. The van der Waals surface area contributed by atoms with Crippen LogP contribution in [0.4, 0.5) is 0 Å². The zero-order valence-electron chi connectivity index (χ0n) is 9.57. The number of methoxy groups -OCH3 is 2. The summed E-state index contributed by atoms with van der Waals surface area (Å²) in [5.74, 6) is 1.07. The van der Waals surface area contributed by atoms with Gasteiger partial charge in [0.15, 0.2) is 0 Å². The van der Waals surface area contributed by atoms with Gasteiger partial charge in [-0.25, -0.2) is 5.48 Å². The van der Waals surface area contributed by atoms with E-state index in [-0.39, 0.29) is 12.3 Å². The van der Waals surface area contributed by atoms with Crippen molar-refractivity contribution in [3.63, 3.8) is 0 Å². The number of nitrogens with one attached hydrogen (secondary N) is 1. The second-order valence-corrected chi connectivity index (χ2v) is 3.08. The van der Waals surface area contributed by atoms with E-state index in [0.29, 0.717) is 11.5 Å². The summed E-state index contributed by atoms with van der Waals surface area (Å²) in [4.78, 5) is 15.8. The summed E-state index contributed by atoms with van der Waals surface area (Å²) in [6, 6.07) is 5.29. The Morgan fingerprint density at radius 2 is 2.00 bits per heavy atom. The predicted octanol–water partition coefficient (Wildman–Crippen LogP) is 0.924. The van der Waals surface area contributed by atoms with Gasteiger partial charge < -0.3 is 9.47 Å². The molecule has 1 N–H and O–H groups in total. The molecule has 0 saturated carbocycles. The first-order chi connectivity index (χ1) is 7.71. The van der Waals surface area contributed by atoms with Gasteiger partial charge in [-0.3, -0.25) is 9.63 Å². The van der Waals surface area contributed by atoms with Gasteiger partial charge in [-0.2, -0.15) is 0 Å². The zero-order chi connectivity index (χ0) is 12.0. The molecule has 88 valence electrons. The maximum Gasteiger partial charge on any atom is 0.248 e. The number of benzene rings is 1. The molecule has 1 aromatic rings. The Hall–Kier alpha value is -1.75. The highest BCUT2D eigenvalue weighted by atomic mass is 16.6. The molecule has 1 aromatic carbocycles. The van der Waals surface area contributed by atoms with E-state index in [1.807, 2.05) is 0 Å². The average Bonchev–Trinajstić information content (AvgIpc) is 2.30. The van der Waals surface area contributed by atoms with Gasteiger partial charge in [0.1, 0.15) is 11.5 Å². The molecular formula is C11H15NO4. The summed E-state index contributed by atoms with van der Waals surface area (Å²) < 4.78 is 10.2. The van der Waals surface area contributed by atoms with Crippen molar-refractivity contribution in [3.05, 3.63) is 23.8 Å². The molecule has 0 fully saturated rings. The number of carbonyl (C=O) groups is 1. The molecule has 0 heterocycles. The fourth-order valence-electron chi connectivity index (χ4n) is 1.32. The van der Waals surface area contributed by atoms with Crippen molar-refractivity contribution < 1.29 is 19.1 Å². The first-order valence-electron chi connectivity index (χ1n) is 4.74. The molecule has 5 heteroatoms. The van der Waals surface area contributed by atoms with Gasteiger partial charge in [0.2, 0.25) is 5.91 Å². The highest BCUT2D eigenvalue weighted by Gasteiger charge is 2.09. The Balaban J connectivity index is 2.83. The van der Waals surface area contributed by atoms with Crippen LogP contribution in [0.15, 0.2) is 18.2 Å². The van der Waals surface area contributed by atoms with Crippen molar-refractivity contribution >= 4 is 5.91 Å². The summed E-state index contributed by atoms with van der Waals surface area (Å²) in [6.07, 6.45) is 0.195. The topological polar surface area (TPSA) is 56.8 Å². The molecular weight excluding hydrogens is 210 g/mol. The summed E-state index contributed by atoms with van der Waals surface area (Å²) in [5.41, 5.74) is 3.02. The number of rotatable bonds is 5. The SMILES string of the molecule is CONC(=O)Cc1ccc(OC)cc1OC. The summed E-state index contributed by atoms with van der Waals surface area (Å²) in [6.45, 7) is 0. The predicted molar refractivity (Wildman–Crippen MR) is 58.4 cm³/mol. The van der Waals surface area contributed by atoms with Gasteiger partial charge in [0.05, 0.1) is 27.8 Å². The van der Waals surface area contributed by atoms with Crippen LogP contribution in [0, 0.1) is 0 Å². The number of amides is 1. The quantitative estimate of drug-likeness (QED) is 0.757. The molecule has 0 aliphatic heterocycles. The lowest BCUT2D eigenvalue weighted by Crippen LogP contribution is -2.23. The number of hydrogen-bond donors (Lipinski definition) is 1. The Bertz CT molecular complexity index is 365. The summed E-state index contributed by atoms with van der Waals surface area (Å²) >= 11 is 0. The minimum Gasteiger partial charge on any atom is -0.497 e. The van der Waals surface area contributed by atoms with Crippen molar-refractivity contribution in [1.82, 2.24) is 5.48 Å². The Morgan fingerprint density at radius 1 is 1.25 bits per heavy atom. The van der Waals surface area contributed by atoms with Crippen LogP contribution in [0.3, 0.4) is 0 Å². The van der Waals surface area contributed by atoms with E-state index in [0.717, 1.165) is 5.56 Å². The number of carbonyl (C=O) groups excluding carboxylic acids is 1. The lowest BCUT2D eigenvalue weighted by molar-refractivity contribution is -0.130. The van der Waals surface area contributed by atoms with E-state index in [1.54, 1.807) is 32.4 Å². The van der Waals surface area contributed by atoms with Crippen LogP contribution in [-0.2, 0) is 16.1 Å². The van der Waals surface area contributed by atoms with Crippen molar-refractivity contribution in [2.24, 2.45) is 0 Å². The molecule has 1 rings (SSSR count). The first kappa shape index (κ1) is 12.3. The third-order valence-corrected chi connectivity index (χ3v) is 2.06. The molecule has 1 amide bonds. The van der Waals surface area contributed by atoms with Crippen LogP contribution in [0.5, 0.6) is 11.5 Å². The molecule has 0 bridgehead atoms. The van der Waals surface area contributed by atoms with Crippen LogP contribution < -0.4 is 15.0 Å². The summed E-state index contributed by atoms with van der Waals surface area (Å²) in [7, 11) is 4.52. The van der Waals surface area contributed by atoms with Crippen LogP contribution >= 0.6 is 0 Å². The van der Waals surface area contributed by atoms with E-state index in [9.17, 15) is 4.79 Å². The fourth-order valence-corrected chi connectivity index (χ4v) is 1.32. The van der Waals surface area contributed by atoms with Crippen LogP contribution in [0.2, 0.25) is 0 Å². The fraction of sp³-hybridized carbons (Fsp3) is 0.364. The van der Waals surface area contributed by atoms with Crippen molar-refractivity contribution in [1.29, 1.82) is 0 Å². The van der Waals surface area contributed by atoms with Crippen molar-refractivity contribution in [3.8, 4) is 11.5 Å². The highest BCUT2D eigenvalue weighted by Crippen LogP contribution is 2.24. The second-order valence-electron chi connectivity index (χ2n) is 3.08. The van der Waals surface area contributed by atoms with Crippen molar-refractivity contribution in [2.75, 3.05) is 21.3 Å². The normalized spacial score (nSPS) is 9.69. The molecule has 0 unspecified atom stereocenters. The van der Waals surface area contributed by atoms with Crippen molar-refractivity contribution in [2.45, 2.75) is 6.42 Å². The molecule has 0 atom stereocenters. The smallest absolute Gasteiger partial charge is 0.248 e. The third-order valence-electron chi connectivity index (χ3n) is 2.06. The van der Waals surface area contributed by atoms with E-state index in [4.69, 9.17) is 9.47 Å². The zero-order valence-corrected chi connectivity index (χ0v) is 9.57. The molecule has 5 nitrogen and oxygen atoms in total. The van der Waals surface area contributed by atoms with E-state index in [2.05, 4.69) is 10.3 Å². The molecule has 0 saturated heterocycles. The Kier molecular flexibility index (Phi) is 4.60. The Morgan fingerprint density at radius 3 is 2.56 bits per heavy atom. The van der Waals surface area contributed by atoms with Crippen LogP contribution in [0.1, 0.15) is 5.56 Å². The monoisotopic (exact) mass is 225 g/mol. The minimum absolute atomic E-state index is 0.195. The van der Waals surface area contributed by atoms with E-state index >= 15 is 0 Å². The maximum atomic E-state index is 11.3. The lowest BCUT2D eigenvalue weighted by Gasteiger charge is -2.09.